The molecule has 0 unspecified atom stereocenters. The Kier molecular flexibility index (Phi) is 3.77. The van der Waals surface area contributed by atoms with Gasteiger partial charge in [-0.25, -0.2) is 0 Å². The van der Waals surface area contributed by atoms with Gasteiger partial charge >= 0.3 is 0 Å². The topological polar surface area (TPSA) is 101 Å². The highest BCUT2D eigenvalue weighted by molar-refractivity contribution is 4.84. The molecule has 0 fully saturated rings. The molecule has 0 saturated carbocycles. The predicted molar refractivity (Wildman–Crippen MR) is 32.2 cm³/mol. The zero-order chi connectivity index (χ0) is 8.20. The molecule has 10 heavy (non-hydrogen) atoms. The SMILES string of the molecule is OC[C@@H](O)C(O)(CO)CO. The molecular formula is C5H12O5. The maximum Gasteiger partial charge on any atom is 0.138 e. The molecule has 0 aromatic carbocycles. The van der Waals surface area contributed by atoms with E-state index in [0.717, 1.165) is 0 Å². The molecule has 0 saturated heterocycles. The molecule has 0 aromatic heterocycles. The van der Waals surface area contributed by atoms with Gasteiger partial charge in [0, 0.05) is 0 Å². The monoisotopic (exact) mass is 152 g/mol. The van der Waals surface area contributed by atoms with Gasteiger partial charge in [0.1, 0.15) is 11.7 Å². The van der Waals surface area contributed by atoms with E-state index in [-0.39, 0.29) is 0 Å². The molecule has 0 spiro atoms. The Balaban J connectivity index is 4.02. The van der Waals surface area contributed by atoms with Crippen molar-refractivity contribution in [1.82, 2.24) is 0 Å². The van der Waals surface area contributed by atoms with Crippen molar-refractivity contribution < 1.29 is 25.5 Å². The average Bonchev–Trinajstić information content (AvgIpc) is 2.01. The highest BCUT2D eigenvalue weighted by Gasteiger charge is 2.33. The van der Waals surface area contributed by atoms with Crippen LogP contribution in [0.1, 0.15) is 0 Å². The van der Waals surface area contributed by atoms with Crippen LogP contribution in [0.25, 0.3) is 0 Å². The second-order valence-electron chi connectivity index (χ2n) is 2.12. The fourth-order valence-corrected chi connectivity index (χ4v) is 0.431. The summed E-state index contributed by atoms with van der Waals surface area (Å²) >= 11 is 0. The fourth-order valence-electron chi connectivity index (χ4n) is 0.431. The molecule has 0 bridgehead atoms. The highest BCUT2D eigenvalue weighted by atomic mass is 16.4. The second-order valence-corrected chi connectivity index (χ2v) is 2.12. The van der Waals surface area contributed by atoms with Crippen LogP contribution in [0.3, 0.4) is 0 Å². The van der Waals surface area contributed by atoms with Gasteiger partial charge in [-0.15, -0.1) is 0 Å². The molecular weight excluding hydrogens is 140 g/mol. The van der Waals surface area contributed by atoms with E-state index in [9.17, 15) is 0 Å². The summed E-state index contributed by atoms with van der Waals surface area (Å²) in [5, 5.41) is 42.9. The maximum atomic E-state index is 8.99. The Labute approximate surface area is 58.2 Å². The number of aliphatic hydroxyl groups excluding tert-OH is 4. The van der Waals surface area contributed by atoms with Gasteiger partial charge in [0.05, 0.1) is 19.8 Å². The third kappa shape index (κ3) is 1.89. The van der Waals surface area contributed by atoms with Gasteiger partial charge in [-0.05, 0) is 0 Å². The second kappa shape index (κ2) is 3.85. The minimum Gasteiger partial charge on any atom is -0.394 e. The van der Waals surface area contributed by atoms with Crippen molar-refractivity contribution in [2.45, 2.75) is 11.7 Å². The normalized spacial score (nSPS) is 15.3. The minimum absolute atomic E-state index is 0.697. The van der Waals surface area contributed by atoms with Crippen LogP contribution in [0.15, 0.2) is 0 Å². The molecule has 5 N–H and O–H groups in total. The Bertz CT molecular complexity index is 90.0. The summed E-state index contributed by atoms with van der Waals surface area (Å²) < 4.78 is 0. The van der Waals surface area contributed by atoms with Crippen molar-refractivity contribution in [3.63, 3.8) is 0 Å². The van der Waals surface area contributed by atoms with E-state index >= 15 is 0 Å². The van der Waals surface area contributed by atoms with Crippen molar-refractivity contribution in [3.05, 3.63) is 0 Å². The lowest BCUT2D eigenvalue weighted by Gasteiger charge is -2.27. The summed E-state index contributed by atoms with van der Waals surface area (Å²) in [5.41, 5.74) is -1.99. The van der Waals surface area contributed by atoms with Crippen molar-refractivity contribution in [2.24, 2.45) is 0 Å². The van der Waals surface area contributed by atoms with E-state index < -0.39 is 31.5 Å². The van der Waals surface area contributed by atoms with Gasteiger partial charge in [0.25, 0.3) is 0 Å². The summed E-state index contributed by atoms with van der Waals surface area (Å²) in [7, 11) is 0. The molecule has 5 heteroatoms. The third-order valence-electron chi connectivity index (χ3n) is 1.34. The van der Waals surface area contributed by atoms with Crippen LogP contribution in [-0.4, -0.2) is 57.1 Å². The quantitative estimate of drug-likeness (QED) is 0.296. The van der Waals surface area contributed by atoms with Crippen LogP contribution in [0.4, 0.5) is 0 Å². The van der Waals surface area contributed by atoms with Gasteiger partial charge in [0.2, 0.25) is 0 Å². The third-order valence-corrected chi connectivity index (χ3v) is 1.34. The molecule has 0 aliphatic heterocycles. The van der Waals surface area contributed by atoms with Crippen LogP contribution in [0, 0.1) is 0 Å². The van der Waals surface area contributed by atoms with E-state index in [2.05, 4.69) is 0 Å². The van der Waals surface area contributed by atoms with E-state index in [0.29, 0.717) is 0 Å². The lowest BCUT2D eigenvalue weighted by Crippen LogP contribution is -2.50. The number of hydrogen-bond acceptors (Lipinski definition) is 5. The van der Waals surface area contributed by atoms with Crippen LogP contribution >= 0.6 is 0 Å². The molecule has 0 aromatic rings. The van der Waals surface area contributed by atoms with Crippen molar-refractivity contribution in [3.8, 4) is 0 Å². The first-order valence-electron chi connectivity index (χ1n) is 2.83. The van der Waals surface area contributed by atoms with E-state index in [4.69, 9.17) is 25.5 Å². The molecule has 0 amide bonds. The van der Waals surface area contributed by atoms with Crippen molar-refractivity contribution >= 4 is 0 Å². The summed E-state index contributed by atoms with van der Waals surface area (Å²) in [6.45, 7) is -2.27. The lowest BCUT2D eigenvalue weighted by molar-refractivity contribution is -0.143. The first-order chi connectivity index (χ1) is 4.60. The van der Waals surface area contributed by atoms with Crippen molar-refractivity contribution in [2.75, 3.05) is 19.8 Å². The molecule has 1 atom stereocenters. The Morgan fingerprint density at radius 1 is 1.10 bits per heavy atom. The summed E-state index contributed by atoms with van der Waals surface area (Å²) in [4.78, 5) is 0. The zero-order valence-electron chi connectivity index (χ0n) is 5.43. The summed E-state index contributed by atoms with van der Waals surface area (Å²) in [6.07, 6.45) is -1.51. The van der Waals surface area contributed by atoms with Crippen LogP contribution in [-0.2, 0) is 0 Å². The highest BCUT2D eigenvalue weighted by Crippen LogP contribution is 2.07. The van der Waals surface area contributed by atoms with Gasteiger partial charge in [0.15, 0.2) is 0 Å². The molecule has 0 rings (SSSR count). The standard InChI is InChI=1S/C5H12O5/c6-1-4(9)5(10,2-7)3-8/h4,6-10H,1-3H2/t4-/m1/s1. The molecule has 0 aliphatic rings. The molecule has 0 heterocycles. The molecule has 0 aliphatic carbocycles. The van der Waals surface area contributed by atoms with Crippen molar-refractivity contribution in [1.29, 1.82) is 0 Å². The molecule has 62 valence electrons. The van der Waals surface area contributed by atoms with Gasteiger partial charge < -0.3 is 25.5 Å². The van der Waals surface area contributed by atoms with Gasteiger partial charge in [-0.2, -0.15) is 0 Å². The Morgan fingerprint density at radius 3 is 1.60 bits per heavy atom. The Morgan fingerprint density at radius 2 is 1.50 bits per heavy atom. The summed E-state index contributed by atoms with van der Waals surface area (Å²) in [5.74, 6) is 0. The van der Waals surface area contributed by atoms with Crippen LogP contribution < -0.4 is 0 Å². The molecule has 5 nitrogen and oxygen atoms in total. The maximum absolute atomic E-state index is 8.99. The fraction of sp³-hybridized carbons (Fsp3) is 1.00. The number of aliphatic hydroxyl groups is 5. The Hall–Kier alpha value is -0.200. The summed E-state index contributed by atoms with van der Waals surface area (Å²) in [6, 6.07) is 0. The minimum atomic E-state index is -1.99. The number of hydrogen-bond donors (Lipinski definition) is 5. The first kappa shape index (κ1) is 9.80. The van der Waals surface area contributed by atoms with E-state index in [1.165, 1.54) is 0 Å². The van der Waals surface area contributed by atoms with Gasteiger partial charge in [-0.3, -0.25) is 0 Å². The first-order valence-corrected chi connectivity index (χ1v) is 2.83. The lowest BCUT2D eigenvalue weighted by atomic mass is 10.00. The smallest absolute Gasteiger partial charge is 0.138 e. The average molecular weight is 152 g/mol. The van der Waals surface area contributed by atoms with E-state index in [1.54, 1.807) is 0 Å². The number of rotatable bonds is 4. The van der Waals surface area contributed by atoms with Crippen LogP contribution in [0.2, 0.25) is 0 Å². The zero-order valence-corrected chi connectivity index (χ0v) is 5.43. The van der Waals surface area contributed by atoms with Gasteiger partial charge in [-0.1, -0.05) is 0 Å². The van der Waals surface area contributed by atoms with E-state index in [1.807, 2.05) is 0 Å². The molecule has 0 radical (unpaired) electrons. The van der Waals surface area contributed by atoms with Crippen LogP contribution in [0.5, 0.6) is 0 Å². The largest absolute Gasteiger partial charge is 0.394 e. The predicted octanol–water partition coefficient (Wildman–Crippen LogP) is -2.94.